The first-order chi connectivity index (χ1) is 8.43. The number of thioether (sulfide) groups is 1. The van der Waals surface area contributed by atoms with Crippen LogP contribution in [-0.2, 0) is 0 Å². The standard InChI is InChI=1S/C14H19NOS/c1-2-6-14-12(5-1)13(7-8-16-14)15-11-4-3-9-17-10-11/h1-2,5-6,11,13,15H,3-4,7-10H2/t11-,13+/m0/s1. The lowest BCUT2D eigenvalue weighted by atomic mass is 9.99. The monoisotopic (exact) mass is 249 g/mol. The lowest BCUT2D eigenvalue weighted by molar-refractivity contribution is 0.244. The SMILES string of the molecule is c1ccc2c(c1)OCC[C@H]2N[C@H]1CCCSC1. The predicted octanol–water partition coefficient (Wildman–Crippen LogP) is 3.00. The molecule has 0 spiro atoms. The lowest BCUT2D eigenvalue weighted by Gasteiger charge is -2.32. The number of hydrogen-bond donors (Lipinski definition) is 1. The van der Waals surface area contributed by atoms with Crippen molar-refractivity contribution in [3.05, 3.63) is 29.8 Å². The van der Waals surface area contributed by atoms with E-state index in [4.69, 9.17) is 4.74 Å². The average molecular weight is 249 g/mol. The van der Waals surface area contributed by atoms with E-state index in [2.05, 4.69) is 41.3 Å². The van der Waals surface area contributed by atoms with Gasteiger partial charge < -0.3 is 10.1 Å². The van der Waals surface area contributed by atoms with Gasteiger partial charge in [-0.25, -0.2) is 0 Å². The van der Waals surface area contributed by atoms with Crippen LogP contribution in [0.5, 0.6) is 5.75 Å². The molecule has 2 aliphatic heterocycles. The van der Waals surface area contributed by atoms with Crippen molar-refractivity contribution in [1.29, 1.82) is 0 Å². The van der Waals surface area contributed by atoms with Gasteiger partial charge in [-0.1, -0.05) is 18.2 Å². The maximum absolute atomic E-state index is 5.70. The zero-order chi connectivity index (χ0) is 11.5. The van der Waals surface area contributed by atoms with Crippen LogP contribution in [0.2, 0.25) is 0 Å². The molecule has 1 N–H and O–H groups in total. The molecule has 1 fully saturated rings. The second kappa shape index (κ2) is 5.32. The van der Waals surface area contributed by atoms with Crippen LogP contribution in [0.3, 0.4) is 0 Å². The minimum absolute atomic E-state index is 0.489. The normalized spacial score (nSPS) is 28.2. The Morgan fingerprint density at radius 3 is 3.06 bits per heavy atom. The van der Waals surface area contributed by atoms with Crippen molar-refractivity contribution in [3.8, 4) is 5.75 Å². The second-order valence-corrected chi connectivity index (χ2v) is 5.96. The van der Waals surface area contributed by atoms with E-state index in [-0.39, 0.29) is 0 Å². The fourth-order valence-electron chi connectivity index (χ4n) is 2.67. The first kappa shape index (κ1) is 11.4. The number of hydrogen-bond acceptors (Lipinski definition) is 3. The summed E-state index contributed by atoms with van der Waals surface area (Å²) in [5.74, 6) is 3.67. The number of para-hydroxylation sites is 1. The van der Waals surface area contributed by atoms with Crippen LogP contribution in [0.15, 0.2) is 24.3 Å². The zero-order valence-corrected chi connectivity index (χ0v) is 10.8. The zero-order valence-electron chi connectivity index (χ0n) is 10.0. The highest BCUT2D eigenvalue weighted by Gasteiger charge is 2.24. The molecule has 1 aromatic rings. The first-order valence-corrected chi connectivity index (χ1v) is 7.64. The summed E-state index contributed by atoms with van der Waals surface area (Å²) in [6.07, 6.45) is 3.78. The summed E-state index contributed by atoms with van der Waals surface area (Å²) in [5, 5.41) is 3.81. The van der Waals surface area contributed by atoms with Crippen LogP contribution in [0.4, 0.5) is 0 Å². The molecule has 0 unspecified atom stereocenters. The van der Waals surface area contributed by atoms with Gasteiger partial charge in [0.05, 0.1) is 6.61 Å². The number of rotatable bonds is 2. The molecule has 2 aliphatic rings. The van der Waals surface area contributed by atoms with Crippen LogP contribution in [-0.4, -0.2) is 24.2 Å². The Bertz CT molecular complexity index is 376. The quantitative estimate of drug-likeness (QED) is 0.870. The fraction of sp³-hybridized carbons (Fsp3) is 0.571. The van der Waals surface area contributed by atoms with E-state index in [1.54, 1.807) is 0 Å². The molecule has 2 nitrogen and oxygen atoms in total. The van der Waals surface area contributed by atoms with Crippen molar-refractivity contribution in [1.82, 2.24) is 5.32 Å². The Kier molecular flexibility index (Phi) is 3.57. The van der Waals surface area contributed by atoms with E-state index < -0.39 is 0 Å². The molecule has 2 atom stereocenters. The summed E-state index contributed by atoms with van der Waals surface area (Å²) in [5.41, 5.74) is 1.34. The molecule has 1 aromatic carbocycles. The lowest BCUT2D eigenvalue weighted by Crippen LogP contribution is -2.38. The summed E-state index contributed by atoms with van der Waals surface area (Å²) < 4.78 is 5.70. The van der Waals surface area contributed by atoms with Crippen molar-refractivity contribution in [2.45, 2.75) is 31.3 Å². The highest BCUT2D eigenvalue weighted by molar-refractivity contribution is 7.99. The van der Waals surface area contributed by atoms with E-state index >= 15 is 0 Å². The summed E-state index contributed by atoms with van der Waals surface area (Å²) in [7, 11) is 0. The summed E-state index contributed by atoms with van der Waals surface area (Å²) in [6.45, 7) is 0.842. The molecule has 0 radical (unpaired) electrons. The molecular formula is C14H19NOS. The Labute approximate surface area is 107 Å². The molecule has 92 valence electrons. The Morgan fingerprint density at radius 2 is 2.18 bits per heavy atom. The number of ether oxygens (including phenoxy) is 1. The van der Waals surface area contributed by atoms with E-state index in [0.29, 0.717) is 12.1 Å². The van der Waals surface area contributed by atoms with E-state index in [0.717, 1.165) is 18.8 Å². The minimum atomic E-state index is 0.489. The highest BCUT2D eigenvalue weighted by Crippen LogP contribution is 2.32. The van der Waals surface area contributed by atoms with Crippen LogP contribution in [0.25, 0.3) is 0 Å². The van der Waals surface area contributed by atoms with Crippen molar-refractivity contribution in [2.75, 3.05) is 18.1 Å². The third-order valence-electron chi connectivity index (χ3n) is 3.56. The summed E-state index contributed by atoms with van der Waals surface area (Å²) >= 11 is 2.08. The van der Waals surface area contributed by atoms with Gasteiger partial charge in [-0.2, -0.15) is 11.8 Å². The highest BCUT2D eigenvalue weighted by atomic mass is 32.2. The van der Waals surface area contributed by atoms with Gasteiger partial charge in [0.15, 0.2) is 0 Å². The molecule has 3 heteroatoms. The van der Waals surface area contributed by atoms with Gasteiger partial charge in [-0.15, -0.1) is 0 Å². The fourth-order valence-corrected chi connectivity index (χ4v) is 3.76. The number of benzene rings is 1. The third kappa shape index (κ3) is 2.61. The molecule has 0 aliphatic carbocycles. The summed E-state index contributed by atoms with van der Waals surface area (Å²) in [6, 6.07) is 9.62. The number of nitrogens with one attached hydrogen (secondary N) is 1. The third-order valence-corrected chi connectivity index (χ3v) is 4.77. The molecule has 0 saturated carbocycles. The van der Waals surface area contributed by atoms with E-state index in [1.807, 2.05) is 0 Å². The molecular weight excluding hydrogens is 230 g/mol. The van der Waals surface area contributed by atoms with Crippen LogP contribution >= 0.6 is 11.8 Å². The summed E-state index contributed by atoms with van der Waals surface area (Å²) in [4.78, 5) is 0. The molecule has 0 aromatic heterocycles. The topological polar surface area (TPSA) is 21.3 Å². The number of fused-ring (bicyclic) bond motifs is 1. The maximum atomic E-state index is 5.70. The largest absolute Gasteiger partial charge is 0.493 e. The molecule has 2 heterocycles. The van der Waals surface area contributed by atoms with Crippen molar-refractivity contribution in [2.24, 2.45) is 0 Å². The Hall–Kier alpha value is -0.670. The van der Waals surface area contributed by atoms with Gasteiger partial charge in [0.2, 0.25) is 0 Å². The van der Waals surface area contributed by atoms with Gasteiger partial charge in [-0.3, -0.25) is 0 Å². The van der Waals surface area contributed by atoms with Crippen molar-refractivity contribution < 1.29 is 4.74 Å². The minimum Gasteiger partial charge on any atom is -0.493 e. The first-order valence-electron chi connectivity index (χ1n) is 6.49. The Balaban J connectivity index is 1.71. The molecule has 1 saturated heterocycles. The van der Waals surface area contributed by atoms with Crippen molar-refractivity contribution >= 4 is 11.8 Å². The van der Waals surface area contributed by atoms with Gasteiger partial charge in [0.25, 0.3) is 0 Å². The van der Waals surface area contributed by atoms with E-state index in [9.17, 15) is 0 Å². The molecule has 0 amide bonds. The predicted molar refractivity (Wildman–Crippen MR) is 72.8 cm³/mol. The molecule has 3 rings (SSSR count). The van der Waals surface area contributed by atoms with Gasteiger partial charge in [0, 0.05) is 29.8 Å². The van der Waals surface area contributed by atoms with Gasteiger partial charge >= 0.3 is 0 Å². The molecule has 0 bridgehead atoms. The van der Waals surface area contributed by atoms with Crippen molar-refractivity contribution in [3.63, 3.8) is 0 Å². The molecule has 17 heavy (non-hydrogen) atoms. The Morgan fingerprint density at radius 1 is 1.24 bits per heavy atom. The average Bonchev–Trinajstić information content (AvgIpc) is 2.40. The van der Waals surface area contributed by atoms with Crippen LogP contribution in [0.1, 0.15) is 30.9 Å². The smallest absolute Gasteiger partial charge is 0.124 e. The second-order valence-electron chi connectivity index (χ2n) is 4.81. The van der Waals surface area contributed by atoms with E-state index in [1.165, 1.54) is 29.9 Å². The van der Waals surface area contributed by atoms with Gasteiger partial charge in [-0.05, 0) is 24.7 Å². The van der Waals surface area contributed by atoms with Gasteiger partial charge in [0.1, 0.15) is 5.75 Å². The van der Waals surface area contributed by atoms with Crippen LogP contribution in [0, 0.1) is 0 Å². The maximum Gasteiger partial charge on any atom is 0.124 e. The van der Waals surface area contributed by atoms with Crippen LogP contribution < -0.4 is 10.1 Å².